The van der Waals surface area contributed by atoms with Crippen LogP contribution in [-0.4, -0.2) is 89.8 Å². The van der Waals surface area contributed by atoms with Crippen LogP contribution in [0.3, 0.4) is 0 Å². The van der Waals surface area contributed by atoms with Gasteiger partial charge in [-0.3, -0.25) is 29.0 Å². The number of aliphatic carboxylic acids is 1. The molecule has 1 aliphatic heterocycles. The number of likely N-dealkylation sites (N-methyl/N-ethyl adjacent to an activating group) is 1. The highest BCUT2D eigenvalue weighted by molar-refractivity contribution is 7.10. The Bertz CT molecular complexity index is 2320. The molecule has 340 valence electrons. The molecule has 11 nitrogen and oxygen atoms in total. The van der Waals surface area contributed by atoms with Gasteiger partial charge in [-0.15, -0.1) is 11.3 Å². The number of hydrogen-bond acceptors (Lipinski definition) is 8. The number of nitrogens with one attached hydrogen (secondary N) is 2. The van der Waals surface area contributed by atoms with Crippen LogP contribution in [-0.2, 0) is 31.3 Å². The summed E-state index contributed by atoms with van der Waals surface area (Å²) >= 11 is 1.82. The van der Waals surface area contributed by atoms with Crippen molar-refractivity contribution in [1.82, 2.24) is 20.0 Å². The molecule has 5 aromatic rings. The predicted octanol–water partition coefficient (Wildman–Crippen LogP) is 9.28. The average Bonchev–Trinajstić information content (AvgIpc) is 4.04. The summed E-state index contributed by atoms with van der Waals surface area (Å²) in [6.45, 7) is 2.73. The van der Waals surface area contributed by atoms with Gasteiger partial charge in [0.2, 0.25) is 17.7 Å². The van der Waals surface area contributed by atoms with E-state index in [2.05, 4.69) is 107 Å². The lowest BCUT2D eigenvalue weighted by Crippen LogP contribution is -2.48. The lowest BCUT2D eigenvalue weighted by atomic mass is 9.77. The molecule has 1 aromatic heterocycles. The van der Waals surface area contributed by atoms with E-state index in [-0.39, 0.29) is 66.9 Å². The van der Waals surface area contributed by atoms with Gasteiger partial charge in [-0.05, 0) is 104 Å². The van der Waals surface area contributed by atoms with Gasteiger partial charge in [-0.25, -0.2) is 0 Å². The largest absolute Gasteiger partial charge is 0.481 e. The third-order valence-electron chi connectivity index (χ3n) is 12.8. The molecule has 1 aliphatic carbocycles. The van der Waals surface area contributed by atoms with Crippen molar-refractivity contribution in [2.24, 2.45) is 0 Å². The maximum Gasteiger partial charge on any atom is 0.303 e. The smallest absolute Gasteiger partial charge is 0.303 e. The molecule has 0 bridgehead atoms. The molecular weight excluding hydrogens is 833 g/mol. The zero-order valence-electron chi connectivity index (χ0n) is 37.8. The van der Waals surface area contributed by atoms with E-state index < -0.39 is 5.97 Å². The van der Waals surface area contributed by atoms with Crippen LogP contribution in [0.4, 0.5) is 5.69 Å². The van der Waals surface area contributed by atoms with E-state index in [1.54, 1.807) is 12.1 Å². The minimum atomic E-state index is -0.907. The number of anilines is 1. The highest BCUT2D eigenvalue weighted by atomic mass is 32.1. The van der Waals surface area contributed by atoms with Crippen LogP contribution in [0.25, 0.3) is 11.1 Å². The second-order valence-corrected chi connectivity index (χ2v) is 18.3. The number of benzene rings is 4. The Kier molecular flexibility index (Phi) is 17.6. The van der Waals surface area contributed by atoms with Crippen molar-refractivity contribution in [3.63, 3.8) is 0 Å². The number of carbonyl (C=O) groups excluding carboxylic acids is 3. The summed E-state index contributed by atoms with van der Waals surface area (Å²) in [5.74, 6) is -1.42. The Labute approximate surface area is 388 Å². The Morgan fingerprint density at radius 1 is 0.769 bits per heavy atom. The Hall–Kier alpha value is -6.13. The van der Waals surface area contributed by atoms with Crippen molar-refractivity contribution in [2.45, 2.75) is 94.3 Å². The first kappa shape index (κ1) is 48.3. The molecule has 1 saturated carbocycles. The van der Waals surface area contributed by atoms with E-state index >= 15 is 0 Å². The minimum absolute atomic E-state index is 0.00257. The zero-order valence-corrected chi connectivity index (χ0v) is 38.6. The van der Waals surface area contributed by atoms with Crippen LogP contribution in [0, 0.1) is 11.3 Å². The third kappa shape index (κ3) is 13.7. The second-order valence-electron chi connectivity index (χ2n) is 17.4. The Morgan fingerprint density at radius 3 is 2.03 bits per heavy atom. The lowest BCUT2D eigenvalue weighted by molar-refractivity contribution is -0.137. The third-order valence-corrected chi connectivity index (χ3v) is 13.9. The number of carboxylic acid groups (broad SMARTS) is 1. The van der Waals surface area contributed by atoms with Gasteiger partial charge in [-0.2, -0.15) is 5.26 Å². The molecule has 65 heavy (non-hydrogen) atoms. The number of nitriles is 1. The monoisotopic (exact) mass is 894 g/mol. The second kappa shape index (κ2) is 23.7. The van der Waals surface area contributed by atoms with E-state index in [1.807, 2.05) is 71.8 Å². The molecule has 1 saturated heterocycles. The molecule has 4 aromatic carbocycles. The van der Waals surface area contributed by atoms with Crippen LogP contribution in [0.15, 0.2) is 127 Å². The molecule has 2 fully saturated rings. The van der Waals surface area contributed by atoms with Crippen molar-refractivity contribution in [3.8, 4) is 17.2 Å². The molecule has 3 N–H and O–H groups in total. The molecule has 3 amide bonds. The van der Waals surface area contributed by atoms with E-state index in [9.17, 15) is 24.4 Å². The van der Waals surface area contributed by atoms with E-state index in [0.29, 0.717) is 12.1 Å². The van der Waals surface area contributed by atoms with Gasteiger partial charge in [0, 0.05) is 75.0 Å². The minimum Gasteiger partial charge on any atom is -0.481 e. The highest BCUT2D eigenvalue weighted by Crippen LogP contribution is 2.43. The van der Waals surface area contributed by atoms with Crippen molar-refractivity contribution in [2.75, 3.05) is 39.5 Å². The van der Waals surface area contributed by atoms with E-state index in [0.717, 1.165) is 62.9 Å². The van der Waals surface area contributed by atoms with Gasteiger partial charge in [0.1, 0.15) is 0 Å². The summed E-state index contributed by atoms with van der Waals surface area (Å²) in [6.07, 6.45) is 5.93. The van der Waals surface area contributed by atoms with Crippen LogP contribution >= 0.6 is 11.3 Å². The normalized spacial score (nSPS) is 18.7. The van der Waals surface area contributed by atoms with Crippen molar-refractivity contribution < 1.29 is 24.3 Å². The summed E-state index contributed by atoms with van der Waals surface area (Å²) in [4.78, 5) is 55.9. The summed E-state index contributed by atoms with van der Waals surface area (Å²) in [5.41, 5.74) is 6.22. The Balaban J connectivity index is 0.000000248. The molecular formula is C53H62N6O5S. The maximum atomic E-state index is 13.0. The van der Waals surface area contributed by atoms with Crippen molar-refractivity contribution in [1.29, 1.82) is 5.26 Å². The number of hydrogen-bond donors (Lipinski definition) is 3. The molecule has 0 spiro atoms. The number of carbonyl (C=O) groups is 4. The SMILES string of the molecule is CN(C(=O)CCC(=O)NC1CCC(c2cccs2)(N(C)C)CC1)C1CCN(Cc2ccc(-c3ccccc3)cc2)C1.N#CC(c1ccccc1)c1ccc(NC(=O)CCCC(=O)O)cc1. The lowest BCUT2D eigenvalue weighted by Gasteiger charge is -2.44. The van der Waals surface area contributed by atoms with Gasteiger partial charge in [-0.1, -0.05) is 103 Å². The molecule has 2 atom stereocenters. The standard InChI is InChI=1S/C34H44N4O2S.C19H18N2O3/c1-36(2)34(31-10-7-23-41-31)20-17-29(18-21-34)35-32(39)15-16-33(40)37(3)30-19-22-38(25-30)24-26-11-13-28(14-12-26)27-8-5-4-6-9-27;20-13-17(14-5-2-1-3-6-14)15-9-11-16(12-10-15)21-18(22)7-4-8-19(23)24/h4-14,23,29-30H,15-22,24-25H2,1-3H3,(H,35,39);1-3,5-6,9-12,17H,4,7-8H2,(H,21,22)(H,23,24). The molecule has 12 heteroatoms. The van der Waals surface area contributed by atoms with Crippen LogP contribution < -0.4 is 10.6 Å². The summed E-state index contributed by atoms with van der Waals surface area (Å²) in [6, 6.07) is 42.9. The van der Waals surface area contributed by atoms with Crippen molar-refractivity contribution in [3.05, 3.63) is 148 Å². The number of nitrogens with zero attached hydrogens (tertiary/aromatic N) is 4. The Morgan fingerprint density at radius 2 is 1.42 bits per heavy atom. The number of carboxylic acids is 1. The first-order chi connectivity index (χ1) is 31.4. The van der Waals surface area contributed by atoms with Gasteiger partial charge in [0.25, 0.3) is 0 Å². The van der Waals surface area contributed by atoms with Gasteiger partial charge < -0.3 is 20.6 Å². The summed E-state index contributed by atoms with van der Waals surface area (Å²) < 4.78 is 0. The number of amides is 3. The predicted molar refractivity (Wildman–Crippen MR) is 258 cm³/mol. The molecule has 2 unspecified atom stereocenters. The maximum absolute atomic E-state index is 13.0. The zero-order chi connectivity index (χ0) is 46.2. The van der Waals surface area contributed by atoms with Gasteiger partial charge in [0.05, 0.1) is 17.5 Å². The number of rotatable bonds is 17. The molecule has 0 radical (unpaired) electrons. The van der Waals surface area contributed by atoms with Gasteiger partial charge in [0.15, 0.2) is 0 Å². The highest BCUT2D eigenvalue weighted by Gasteiger charge is 2.40. The fourth-order valence-corrected chi connectivity index (χ4v) is 10.00. The summed E-state index contributed by atoms with van der Waals surface area (Å²) in [7, 11) is 6.22. The van der Waals surface area contributed by atoms with Crippen molar-refractivity contribution >= 4 is 40.7 Å². The van der Waals surface area contributed by atoms with Gasteiger partial charge >= 0.3 is 5.97 Å². The molecule has 2 aliphatic rings. The fourth-order valence-electron chi connectivity index (χ4n) is 8.93. The van der Waals surface area contributed by atoms with E-state index in [1.165, 1.54) is 21.6 Å². The van der Waals surface area contributed by atoms with Crippen LogP contribution in [0.2, 0.25) is 0 Å². The fraction of sp³-hybridized carbons (Fsp3) is 0.377. The molecule has 7 rings (SSSR count). The quantitative estimate of drug-likeness (QED) is 0.0838. The number of likely N-dealkylation sites (tertiary alicyclic amines) is 1. The topological polar surface area (TPSA) is 146 Å². The first-order valence-corrected chi connectivity index (χ1v) is 23.5. The first-order valence-electron chi connectivity index (χ1n) is 22.6. The van der Waals surface area contributed by atoms with Crippen LogP contribution in [0.5, 0.6) is 0 Å². The van der Waals surface area contributed by atoms with E-state index in [4.69, 9.17) is 5.11 Å². The van der Waals surface area contributed by atoms with Crippen LogP contribution in [0.1, 0.15) is 91.7 Å². The average molecular weight is 895 g/mol. The molecule has 2 heterocycles. The summed E-state index contributed by atoms with van der Waals surface area (Å²) in [5, 5.41) is 26.1. The number of thiophene rings is 1.